The summed E-state index contributed by atoms with van der Waals surface area (Å²) in [6.45, 7) is 0. The molecule has 0 aromatic rings. The van der Waals surface area contributed by atoms with E-state index in [4.69, 9.17) is 5.11 Å². The molecule has 4 aliphatic carbocycles. The lowest BCUT2D eigenvalue weighted by molar-refractivity contribution is -0.491. The molecule has 0 radical (unpaired) electrons. The highest BCUT2D eigenvalue weighted by Gasteiger charge is 3.04. The number of aliphatic hydroxyl groups excluding tert-OH is 1. The Morgan fingerprint density at radius 2 is 0.857 bits per heavy atom. The van der Waals surface area contributed by atoms with Crippen LogP contribution in [0.4, 0.5) is 43.9 Å². The molecule has 11 heteroatoms. The van der Waals surface area contributed by atoms with Gasteiger partial charge in [-0.05, 0) is 0 Å². The smallest absolute Gasteiger partial charge is 0.327 e. The third kappa shape index (κ3) is 0.961. The van der Waals surface area contributed by atoms with Gasteiger partial charge in [0.05, 0.1) is 0 Å². The quantitative estimate of drug-likeness (QED) is 0.677. The van der Waals surface area contributed by atoms with Gasteiger partial charge in [0.1, 0.15) is 6.10 Å². The van der Waals surface area contributed by atoms with E-state index < -0.39 is 59.4 Å². The van der Waals surface area contributed by atoms with Crippen LogP contribution in [0.2, 0.25) is 0 Å². The standard InChI is InChI=1S/C10H6F10O/c11-4-1-6(13)9(17,18)5(12,3(4)21)2-7(14,8(4,15)16)10(6,19)20/h3,21H,1-2H2/t4-,5-,6+,7+/m1/s1. The van der Waals surface area contributed by atoms with Gasteiger partial charge in [-0.25, -0.2) is 17.6 Å². The van der Waals surface area contributed by atoms with Gasteiger partial charge < -0.3 is 5.11 Å². The van der Waals surface area contributed by atoms with Crippen LogP contribution in [0.1, 0.15) is 12.8 Å². The van der Waals surface area contributed by atoms with Crippen LogP contribution in [-0.4, -0.2) is 51.7 Å². The van der Waals surface area contributed by atoms with Crippen molar-refractivity contribution in [2.75, 3.05) is 0 Å². The molecule has 0 aromatic carbocycles. The second-order valence-electron chi connectivity index (χ2n) is 5.81. The summed E-state index contributed by atoms with van der Waals surface area (Å²) in [4.78, 5) is 0. The number of rotatable bonds is 0. The van der Waals surface area contributed by atoms with Gasteiger partial charge in [0.15, 0.2) is 0 Å². The molecular formula is C10H6F10O. The summed E-state index contributed by atoms with van der Waals surface area (Å²) in [6.07, 6.45) is -9.70. The Bertz CT molecular complexity index is 492. The van der Waals surface area contributed by atoms with E-state index in [-0.39, 0.29) is 0 Å². The first-order chi connectivity index (χ1) is 9.07. The lowest BCUT2D eigenvalue weighted by Crippen LogP contribution is -2.96. The van der Waals surface area contributed by atoms with Crippen LogP contribution in [0, 0.1) is 0 Å². The van der Waals surface area contributed by atoms with Crippen LogP contribution in [-0.2, 0) is 0 Å². The lowest BCUT2D eigenvalue weighted by atomic mass is 9.44. The number of hydrogen-bond donors (Lipinski definition) is 1. The zero-order valence-electron chi connectivity index (χ0n) is 9.72. The third-order valence-electron chi connectivity index (χ3n) is 4.90. The Kier molecular flexibility index (Phi) is 2.17. The second-order valence-corrected chi connectivity index (χ2v) is 5.81. The van der Waals surface area contributed by atoms with Gasteiger partial charge >= 0.3 is 17.8 Å². The van der Waals surface area contributed by atoms with Crippen molar-refractivity contribution in [1.29, 1.82) is 0 Å². The molecule has 122 valence electrons. The van der Waals surface area contributed by atoms with Crippen molar-refractivity contribution in [2.45, 2.75) is 59.4 Å². The molecule has 0 amide bonds. The van der Waals surface area contributed by atoms with E-state index in [1.165, 1.54) is 0 Å². The Hall–Kier alpha value is -0.740. The molecule has 4 fully saturated rings. The molecule has 0 heterocycles. The van der Waals surface area contributed by atoms with E-state index in [1.54, 1.807) is 0 Å². The fraction of sp³-hybridized carbons (Fsp3) is 1.00. The predicted molar refractivity (Wildman–Crippen MR) is 45.4 cm³/mol. The van der Waals surface area contributed by atoms with Crippen molar-refractivity contribution in [1.82, 2.24) is 0 Å². The first-order valence-corrected chi connectivity index (χ1v) is 5.64. The molecule has 4 bridgehead atoms. The molecule has 0 aliphatic heterocycles. The summed E-state index contributed by atoms with van der Waals surface area (Å²) in [7, 11) is 0. The van der Waals surface area contributed by atoms with Crippen LogP contribution < -0.4 is 0 Å². The first kappa shape index (κ1) is 15.2. The molecule has 0 unspecified atom stereocenters. The fourth-order valence-electron chi connectivity index (χ4n) is 3.64. The van der Waals surface area contributed by atoms with E-state index >= 15 is 0 Å². The number of hydrogen-bond acceptors (Lipinski definition) is 1. The maximum atomic E-state index is 14.1. The van der Waals surface area contributed by atoms with Crippen molar-refractivity contribution in [3.8, 4) is 0 Å². The normalized spacial score (nSPS) is 59.3. The Morgan fingerprint density at radius 1 is 0.571 bits per heavy atom. The van der Waals surface area contributed by atoms with Crippen LogP contribution >= 0.6 is 0 Å². The zero-order valence-corrected chi connectivity index (χ0v) is 9.72. The van der Waals surface area contributed by atoms with E-state index in [2.05, 4.69) is 0 Å². The zero-order chi connectivity index (χ0) is 16.5. The maximum Gasteiger partial charge on any atom is 0.327 e. The maximum absolute atomic E-state index is 14.1. The highest BCUT2D eigenvalue weighted by atomic mass is 19.3. The molecule has 1 N–H and O–H groups in total. The minimum atomic E-state index is -6.04. The van der Waals surface area contributed by atoms with Gasteiger partial charge in [-0.2, -0.15) is 26.3 Å². The first-order valence-electron chi connectivity index (χ1n) is 5.64. The summed E-state index contributed by atoms with van der Waals surface area (Å²) in [5.41, 5.74) is -20.9. The summed E-state index contributed by atoms with van der Waals surface area (Å²) < 4.78 is 138. The molecule has 4 rings (SSSR count). The average Bonchev–Trinajstić information content (AvgIpc) is 2.31. The van der Waals surface area contributed by atoms with Gasteiger partial charge in [-0.1, -0.05) is 0 Å². The SMILES string of the molecule is OC1[C@]2(F)C[C@@]3(F)C(F)(F)[C@](F)(C[C@]1(F)C3(F)F)C2(F)F. The van der Waals surface area contributed by atoms with Crippen molar-refractivity contribution in [3.63, 3.8) is 0 Å². The molecule has 4 atom stereocenters. The van der Waals surface area contributed by atoms with E-state index in [1.807, 2.05) is 0 Å². The third-order valence-corrected chi connectivity index (χ3v) is 4.90. The van der Waals surface area contributed by atoms with Crippen LogP contribution in [0.5, 0.6) is 0 Å². The minimum absolute atomic E-state index is 2.93. The molecular weight excluding hydrogens is 326 g/mol. The molecule has 1 nitrogen and oxygen atoms in total. The van der Waals surface area contributed by atoms with Gasteiger partial charge in [0.25, 0.3) is 0 Å². The predicted octanol–water partition coefficient (Wildman–Crippen LogP) is 2.91. The summed E-state index contributed by atoms with van der Waals surface area (Å²) in [5, 5.41) is 9.13. The van der Waals surface area contributed by atoms with Crippen molar-refractivity contribution in [2.24, 2.45) is 0 Å². The van der Waals surface area contributed by atoms with Gasteiger partial charge in [-0.15, -0.1) is 0 Å². The van der Waals surface area contributed by atoms with E-state index in [0.717, 1.165) is 0 Å². The Balaban J connectivity index is 2.41. The largest absolute Gasteiger partial charge is 0.386 e. The Morgan fingerprint density at radius 3 is 1.14 bits per heavy atom. The number of alkyl halides is 10. The molecule has 0 saturated heterocycles. The minimum Gasteiger partial charge on any atom is -0.386 e. The van der Waals surface area contributed by atoms with Crippen molar-refractivity contribution in [3.05, 3.63) is 0 Å². The topological polar surface area (TPSA) is 20.2 Å². The molecule has 4 saturated carbocycles. The summed E-state index contributed by atoms with van der Waals surface area (Å²) in [6, 6.07) is 0. The van der Waals surface area contributed by atoms with Crippen molar-refractivity contribution >= 4 is 0 Å². The number of aliphatic hydroxyl groups is 1. The van der Waals surface area contributed by atoms with Crippen molar-refractivity contribution < 1.29 is 49.0 Å². The van der Waals surface area contributed by atoms with Crippen LogP contribution in [0.25, 0.3) is 0 Å². The average molecular weight is 332 g/mol. The Labute approximate surface area is 109 Å². The highest BCUT2D eigenvalue weighted by Crippen LogP contribution is 2.79. The lowest BCUT2D eigenvalue weighted by Gasteiger charge is -2.69. The van der Waals surface area contributed by atoms with Gasteiger partial charge in [-0.3, -0.25) is 0 Å². The number of halogens is 10. The fourth-order valence-corrected chi connectivity index (χ4v) is 3.64. The molecule has 0 aromatic heterocycles. The highest BCUT2D eigenvalue weighted by molar-refractivity contribution is 5.42. The van der Waals surface area contributed by atoms with Crippen LogP contribution in [0.3, 0.4) is 0 Å². The molecule has 0 spiro atoms. The summed E-state index contributed by atoms with van der Waals surface area (Å²) >= 11 is 0. The van der Waals surface area contributed by atoms with E-state index in [0.29, 0.717) is 0 Å². The van der Waals surface area contributed by atoms with Crippen LogP contribution in [0.15, 0.2) is 0 Å². The summed E-state index contributed by atoms with van der Waals surface area (Å²) in [5.74, 6) is -17.5. The molecule has 21 heavy (non-hydrogen) atoms. The molecule has 4 aliphatic rings. The van der Waals surface area contributed by atoms with Gasteiger partial charge in [0.2, 0.25) is 22.7 Å². The second kappa shape index (κ2) is 3.00. The van der Waals surface area contributed by atoms with E-state index in [9.17, 15) is 43.9 Å². The van der Waals surface area contributed by atoms with Gasteiger partial charge in [0, 0.05) is 12.8 Å². The monoisotopic (exact) mass is 332 g/mol.